The van der Waals surface area contributed by atoms with Gasteiger partial charge in [0.25, 0.3) is 0 Å². The number of unbranched alkanes of at least 4 members (excludes halogenated alkanes) is 1. The first-order valence-corrected chi connectivity index (χ1v) is 6.20. The van der Waals surface area contributed by atoms with Gasteiger partial charge in [-0.25, -0.2) is 9.37 Å². The Labute approximate surface area is 106 Å². The largest absolute Gasteiger partial charge is 0.383 e. The molecule has 4 heteroatoms. The molecular formula is C14H18FN3. The smallest absolute Gasteiger partial charge is 0.131 e. The van der Waals surface area contributed by atoms with Crippen molar-refractivity contribution in [2.24, 2.45) is 0 Å². The summed E-state index contributed by atoms with van der Waals surface area (Å²) in [6, 6.07) is 4.68. The quantitative estimate of drug-likeness (QED) is 0.900. The van der Waals surface area contributed by atoms with Gasteiger partial charge in [0.2, 0.25) is 0 Å². The highest BCUT2D eigenvalue weighted by Crippen LogP contribution is 2.28. The van der Waals surface area contributed by atoms with Gasteiger partial charge >= 0.3 is 0 Å². The summed E-state index contributed by atoms with van der Waals surface area (Å²) >= 11 is 0. The highest BCUT2D eigenvalue weighted by Gasteiger charge is 2.12. The molecule has 0 amide bonds. The van der Waals surface area contributed by atoms with Crippen molar-refractivity contribution in [2.75, 3.05) is 5.73 Å². The Morgan fingerprint density at radius 2 is 2.17 bits per heavy atom. The number of aromatic nitrogens is 2. The number of aryl methyl sites for hydroxylation is 2. The lowest BCUT2D eigenvalue weighted by Gasteiger charge is -2.06. The molecule has 0 spiro atoms. The number of imidazole rings is 1. The zero-order valence-electron chi connectivity index (χ0n) is 10.8. The predicted molar refractivity (Wildman–Crippen MR) is 71.7 cm³/mol. The SMILES string of the molecule is CCCCn1cnc(-c2cc(F)ccc2C)c1N. The van der Waals surface area contributed by atoms with Gasteiger partial charge in [-0.05, 0) is 31.0 Å². The monoisotopic (exact) mass is 247 g/mol. The minimum Gasteiger partial charge on any atom is -0.383 e. The van der Waals surface area contributed by atoms with Gasteiger partial charge < -0.3 is 10.3 Å². The predicted octanol–water partition coefficient (Wildman–Crippen LogP) is 3.38. The lowest BCUT2D eigenvalue weighted by atomic mass is 10.1. The molecule has 0 unspecified atom stereocenters. The lowest BCUT2D eigenvalue weighted by Crippen LogP contribution is -2.02. The van der Waals surface area contributed by atoms with E-state index in [1.165, 1.54) is 12.1 Å². The maximum Gasteiger partial charge on any atom is 0.131 e. The van der Waals surface area contributed by atoms with Crippen LogP contribution in [-0.4, -0.2) is 9.55 Å². The van der Waals surface area contributed by atoms with Gasteiger partial charge in [0.05, 0.1) is 6.33 Å². The van der Waals surface area contributed by atoms with Gasteiger partial charge in [-0.15, -0.1) is 0 Å². The van der Waals surface area contributed by atoms with Crippen molar-refractivity contribution in [3.63, 3.8) is 0 Å². The van der Waals surface area contributed by atoms with Crippen molar-refractivity contribution in [3.8, 4) is 11.3 Å². The third kappa shape index (κ3) is 2.37. The molecule has 0 aliphatic heterocycles. The molecule has 0 aliphatic rings. The Balaban J connectivity index is 2.39. The number of nitrogens with zero attached hydrogens (tertiary/aromatic N) is 2. The summed E-state index contributed by atoms with van der Waals surface area (Å²) in [6.45, 7) is 4.91. The summed E-state index contributed by atoms with van der Waals surface area (Å²) in [5.41, 5.74) is 8.48. The molecule has 2 rings (SSSR count). The Morgan fingerprint density at radius 3 is 2.89 bits per heavy atom. The van der Waals surface area contributed by atoms with E-state index in [9.17, 15) is 4.39 Å². The number of benzene rings is 1. The van der Waals surface area contributed by atoms with E-state index in [1.54, 1.807) is 12.4 Å². The maximum atomic E-state index is 13.3. The Morgan fingerprint density at radius 1 is 1.39 bits per heavy atom. The summed E-state index contributed by atoms with van der Waals surface area (Å²) in [6.07, 6.45) is 3.89. The number of hydrogen-bond acceptors (Lipinski definition) is 2. The number of halogens is 1. The Hall–Kier alpha value is -1.84. The molecule has 1 heterocycles. The van der Waals surface area contributed by atoms with Crippen LogP contribution in [0.25, 0.3) is 11.3 Å². The molecule has 3 nitrogen and oxygen atoms in total. The van der Waals surface area contributed by atoms with E-state index in [0.717, 1.165) is 30.5 Å². The van der Waals surface area contributed by atoms with Crippen LogP contribution in [0, 0.1) is 12.7 Å². The maximum absolute atomic E-state index is 13.3. The molecule has 18 heavy (non-hydrogen) atoms. The highest BCUT2D eigenvalue weighted by atomic mass is 19.1. The summed E-state index contributed by atoms with van der Waals surface area (Å²) in [5, 5.41) is 0. The van der Waals surface area contributed by atoms with Gasteiger partial charge in [-0.1, -0.05) is 19.4 Å². The van der Waals surface area contributed by atoms with Gasteiger partial charge in [0.1, 0.15) is 17.3 Å². The molecule has 1 aromatic heterocycles. The zero-order chi connectivity index (χ0) is 13.1. The van der Waals surface area contributed by atoms with E-state index in [4.69, 9.17) is 5.73 Å². The molecule has 0 saturated heterocycles. The molecule has 1 aromatic carbocycles. The zero-order valence-corrected chi connectivity index (χ0v) is 10.8. The lowest BCUT2D eigenvalue weighted by molar-refractivity contribution is 0.628. The highest BCUT2D eigenvalue weighted by molar-refractivity contribution is 5.73. The molecular weight excluding hydrogens is 229 g/mol. The number of anilines is 1. The second-order valence-corrected chi connectivity index (χ2v) is 4.48. The molecule has 0 saturated carbocycles. The van der Waals surface area contributed by atoms with Crippen molar-refractivity contribution >= 4 is 5.82 Å². The van der Waals surface area contributed by atoms with E-state index in [0.29, 0.717) is 11.5 Å². The molecule has 0 atom stereocenters. The average Bonchev–Trinajstić information content (AvgIpc) is 2.71. The molecule has 0 bridgehead atoms. The van der Waals surface area contributed by atoms with Crippen LogP contribution in [0.1, 0.15) is 25.3 Å². The second-order valence-electron chi connectivity index (χ2n) is 4.48. The first kappa shape index (κ1) is 12.6. The molecule has 0 aliphatic carbocycles. The molecule has 2 aromatic rings. The van der Waals surface area contributed by atoms with Crippen molar-refractivity contribution in [2.45, 2.75) is 33.2 Å². The third-order valence-corrected chi connectivity index (χ3v) is 3.09. The van der Waals surface area contributed by atoms with Gasteiger partial charge in [0.15, 0.2) is 0 Å². The van der Waals surface area contributed by atoms with E-state index >= 15 is 0 Å². The average molecular weight is 247 g/mol. The fourth-order valence-corrected chi connectivity index (χ4v) is 1.96. The van der Waals surface area contributed by atoms with E-state index in [2.05, 4.69) is 11.9 Å². The molecule has 96 valence electrons. The number of nitrogens with two attached hydrogens (primary N) is 1. The molecule has 2 N–H and O–H groups in total. The van der Waals surface area contributed by atoms with Gasteiger partial charge in [-0.3, -0.25) is 0 Å². The minimum atomic E-state index is -0.266. The van der Waals surface area contributed by atoms with Crippen LogP contribution in [0.15, 0.2) is 24.5 Å². The first-order valence-electron chi connectivity index (χ1n) is 6.20. The van der Waals surface area contributed by atoms with Gasteiger partial charge in [-0.2, -0.15) is 0 Å². The van der Waals surface area contributed by atoms with Crippen LogP contribution in [0.4, 0.5) is 10.2 Å². The normalized spacial score (nSPS) is 10.8. The topological polar surface area (TPSA) is 43.8 Å². The van der Waals surface area contributed by atoms with Crippen LogP contribution in [-0.2, 0) is 6.54 Å². The van der Waals surface area contributed by atoms with E-state index in [-0.39, 0.29) is 5.82 Å². The number of rotatable bonds is 4. The van der Waals surface area contributed by atoms with Crippen LogP contribution in [0.3, 0.4) is 0 Å². The summed E-state index contributed by atoms with van der Waals surface area (Å²) in [7, 11) is 0. The van der Waals surface area contributed by atoms with Crippen molar-refractivity contribution in [3.05, 3.63) is 35.9 Å². The van der Waals surface area contributed by atoms with Crippen LogP contribution in [0.2, 0.25) is 0 Å². The summed E-state index contributed by atoms with van der Waals surface area (Å²) in [5.74, 6) is 0.343. The summed E-state index contributed by atoms with van der Waals surface area (Å²) < 4.78 is 15.2. The fourth-order valence-electron chi connectivity index (χ4n) is 1.96. The van der Waals surface area contributed by atoms with Crippen molar-refractivity contribution < 1.29 is 4.39 Å². The Kier molecular flexibility index (Phi) is 3.65. The third-order valence-electron chi connectivity index (χ3n) is 3.09. The summed E-state index contributed by atoms with van der Waals surface area (Å²) in [4.78, 5) is 4.31. The second kappa shape index (κ2) is 5.21. The van der Waals surface area contributed by atoms with Gasteiger partial charge in [0, 0.05) is 12.1 Å². The minimum absolute atomic E-state index is 0.266. The van der Waals surface area contributed by atoms with E-state index < -0.39 is 0 Å². The first-order chi connectivity index (χ1) is 8.63. The standard InChI is InChI=1S/C14H18FN3/c1-3-4-7-18-9-17-13(14(18)16)12-8-11(15)6-5-10(12)2/h5-6,8-9H,3-4,7,16H2,1-2H3. The van der Waals surface area contributed by atoms with Crippen molar-refractivity contribution in [1.29, 1.82) is 0 Å². The molecule has 0 fully saturated rings. The fraction of sp³-hybridized carbons (Fsp3) is 0.357. The number of nitrogen functional groups attached to an aromatic ring is 1. The van der Waals surface area contributed by atoms with Crippen molar-refractivity contribution in [1.82, 2.24) is 9.55 Å². The van der Waals surface area contributed by atoms with Crippen LogP contribution < -0.4 is 5.73 Å². The van der Waals surface area contributed by atoms with Crippen LogP contribution in [0.5, 0.6) is 0 Å². The van der Waals surface area contributed by atoms with E-state index in [1.807, 2.05) is 11.5 Å². The van der Waals surface area contributed by atoms with Crippen LogP contribution >= 0.6 is 0 Å². The molecule has 0 radical (unpaired) electrons. The Bertz CT molecular complexity index is 546. The number of hydrogen-bond donors (Lipinski definition) is 1.